The number of carbonyl (C=O) groups is 1. The number of rotatable bonds is 7. The quantitative estimate of drug-likeness (QED) is 0.476. The lowest BCUT2D eigenvalue weighted by Gasteiger charge is -2.12. The summed E-state index contributed by atoms with van der Waals surface area (Å²) in [5, 5.41) is 2.80. The van der Waals surface area contributed by atoms with Gasteiger partial charge in [0, 0.05) is 23.9 Å². The third-order valence-electron chi connectivity index (χ3n) is 4.94. The van der Waals surface area contributed by atoms with Crippen LogP contribution in [-0.4, -0.2) is 22.1 Å². The van der Waals surface area contributed by atoms with Gasteiger partial charge in [-0.05, 0) is 50.1 Å². The molecule has 0 aliphatic rings. The second kappa shape index (κ2) is 8.97. The predicted octanol–water partition coefficient (Wildman–Crippen LogP) is 3.81. The number of carbonyl (C=O) groups excluding carboxylic acids is 1. The maximum atomic E-state index is 12.3. The average molecular weight is 433 g/mol. The maximum absolute atomic E-state index is 12.3. The maximum Gasteiger partial charge on any atom is 0.287 e. The van der Waals surface area contributed by atoms with E-state index in [1.165, 1.54) is 6.07 Å². The molecule has 0 saturated heterocycles. The molecule has 2 heterocycles. The number of nitrogens with one attached hydrogen (secondary N) is 1. The Bertz CT molecular complexity index is 1340. The smallest absolute Gasteiger partial charge is 0.287 e. The minimum atomic E-state index is -0.313. The van der Waals surface area contributed by atoms with Crippen molar-refractivity contribution in [3.8, 4) is 11.5 Å². The molecule has 0 spiro atoms. The van der Waals surface area contributed by atoms with Crippen molar-refractivity contribution in [2.24, 2.45) is 0 Å². The summed E-state index contributed by atoms with van der Waals surface area (Å²) in [5.41, 5.74) is 3.28. The second-order valence-electron chi connectivity index (χ2n) is 7.44. The first-order valence-electron chi connectivity index (χ1n) is 10.1. The summed E-state index contributed by atoms with van der Waals surface area (Å²) in [6, 6.07) is 15.8. The normalized spacial score (nSPS) is 10.8. The Balaban J connectivity index is 1.36. The third kappa shape index (κ3) is 4.80. The third-order valence-corrected chi connectivity index (χ3v) is 4.94. The lowest BCUT2D eigenvalue weighted by molar-refractivity contribution is -0.118. The molecule has 0 radical (unpaired) electrons. The van der Waals surface area contributed by atoms with Crippen molar-refractivity contribution in [2.45, 2.75) is 27.4 Å². The van der Waals surface area contributed by atoms with E-state index in [2.05, 4.69) is 10.3 Å². The van der Waals surface area contributed by atoms with Gasteiger partial charge in [-0.1, -0.05) is 18.2 Å². The fourth-order valence-corrected chi connectivity index (χ4v) is 3.19. The summed E-state index contributed by atoms with van der Waals surface area (Å²) in [6.45, 7) is 5.69. The number of aromatic nitrogens is 2. The molecule has 0 unspecified atom stereocenters. The first kappa shape index (κ1) is 21.2. The van der Waals surface area contributed by atoms with Crippen LogP contribution in [0.1, 0.15) is 22.6 Å². The Kier molecular flexibility index (Phi) is 5.93. The molecule has 32 heavy (non-hydrogen) atoms. The molecule has 0 fully saturated rings. The molecule has 4 aromatic rings. The largest absolute Gasteiger partial charge is 0.487 e. The second-order valence-corrected chi connectivity index (χ2v) is 7.44. The molecule has 164 valence electrons. The number of anilines is 1. The van der Waals surface area contributed by atoms with Gasteiger partial charge in [-0.15, -0.1) is 4.57 Å². The van der Waals surface area contributed by atoms with Gasteiger partial charge >= 0.3 is 0 Å². The summed E-state index contributed by atoms with van der Waals surface area (Å²) in [6.07, 6.45) is 0. The zero-order valence-corrected chi connectivity index (χ0v) is 18.0. The van der Waals surface area contributed by atoms with Crippen LogP contribution in [0, 0.1) is 20.8 Å². The molecule has 1 amide bonds. The highest BCUT2D eigenvalue weighted by atomic mass is 16.5. The van der Waals surface area contributed by atoms with Crippen LogP contribution < -0.4 is 20.3 Å². The number of aryl methyl sites for hydroxylation is 2. The van der Waals surface area contributed by atoms with Crippen LogP contribution in [0.3, 0.4) is 0 Å². The van der Waals surface area contributed by atoms with Gasteiger partial charge in [0.15, 0.2) is 12.3 Å². The van der Waals surface area contributed by atoms with Gasteiger partial charge in [0.2, 0.25) is 0 Å². The van der Waals surface area contributed by atoms with E-state index < -0.39 is 0 Å². The highest BCUT2D eigenvalue weighted by Gasteiger charge is 2.09. The monoisotopic (exact) mass is 433 g/mol. The van der Waals surface area contributed by atoms with Crippen LogP contribution in [0.4, 0.5) is 5.69 Å². The first-order valence-corrected chi connectivity index (χ1v) is 10.1. The van der Waals surface area contributed by atoms with Crippen LogP contribution in [0.15, 0.2) is 63.9 Å². The SMILES string of the molecule is Cc1cc2nc(COc3cccc(NC(=O)COc4cccc(C)c4C)c3)cc(=O)n2o1. The number of hydrogen-bond acceptors (Lipinski definition) is 6. The van der Waals surface area contributed by atoms with E-state index >= 15 is 0 Å². The van der Waals surface area contributed by atoms with E-state index in [4.69, 9.17) is 14.0 Å². The van der Waals surface area contributed by atoms with Crippen LogP contribution in [-0.2, 0) is 11.4 Å². The average Bonchev–Trinajstić information content (AvgIpc) is 3.14. The van der Waals surface area contributed by atoms with Gasteiger partial charge < -0.3 is 19.3 Å². The number of ether oxygens (including phenoxy) is 2. The molecule has 1 N–H and O–H groups in total. The Morgan fingerprint density at radius 1 is 1.06 bits per heavy atom. The van der Waals surface area contributed by atoms with E-state index in [1.54, 1.807) is 37.3 Å². The Morgan fingerprint density at radius 2 is 1.88 bits per heavy atom. The lowest BCUT2D eigenvalue weighted by atomic mass is 10.1. The molecule has 0 atom stereocenters. The zero-order chi connectivity index (χ0) is 22.7. The predicted molar refractivity (Wildman–Crippen MR) is 119 cm³/mol. The summed E-state index contributed by atoms with van der Waals surface area (Å²) < 4.78 is 17.8. The highest BCUT2D eigenvalue weighted by molar-refractivity contribution is 5.92. The molecule has 2 aromatic heterocycles. The van der Waals surface area contributed by atoms with Gasteiger partial charge in [0.1, 0.15) is 23.9 Å². The highest BCUT2D eigenvalue weighted by Crippen LogP contribution is 2.21. The van der Waals surface area contributed by atoms with Crippen molar-refractivity contribution >= 4 is 17.2 Å². The Morgan fingerprint density at radius 3 is 2.72 bits per heavy atom. The fraction of sp³-hybridized carbons (Fsp3) is 0.208. The van der Waals surface area contributed by atoms with Crippen LogP contribution in [0.5, 0.6) is 11.5 Å². The molecule has 0 bridgehead atoms. The van der Waals surface area contributed by atoms with Gasteiger partial charge in [0.25, 0.3) is 11.5 Å². The number of benzene rings is 2. The fourth-order valence-electron chi connectivity index (χ4n) is 3.19. The minimum Gasteiger partial charge on any atom is -0.487 e. The van der Waals surface area contributed by atoms with Gasteiger partial charge in [-0.25, -0.2) is 4.98 Å². The van der Waals surface area contributed by atoms with E-state index in [1.807, 2.05) is 32.0 Å². The van der Waals surface area contributed by atoms with E-state index in [0.29, 0.717) is 34.3 Å². The van der Waals surface area contributed by atoms with Crippen molar-refractivity contribution in [1.82, 2.24) is 9.56 Å². The van der Waals surface area contributed by atoms with Crippen molar-refractivity contribution < 1.29 is 18.8 Å². The molecule has 0 saturated carbocycles. The Labute approximate surface area is 184 Å². The van der Waals surface area contributed by atoms with Gasteiger partial charge in [0.05, 0.1) is 5.69 Å². The van der Waals surface area contributed by atoms with Crippen molar-refractivity contribution in [3.63, 3.8) is 0 Å². The molecule has 8 heteroatoms. The molecule has 2 aromatic carbocycles. The summed E-state index contributed by atoms with van der Waals surface area (Å²) in [7, 11) is 0. The van der Waals surface area contributed by atoms with Crippen molar-refractivity contribution in [1.29, 1.82) is 0 Å². The zero-order valence-electron chi connectivity index (χ0n) is 18.0. The lowest BCUT2D eigenvalue weighted by Crippen LogP contribution is -2.20. The van der Waals surface area contributed by atoms with E-state index in [0.717, 1.165) is 15.7 Å². The molecule has 0 aliphatic carbocycles. The summed E-state index contributed by atoms with van der Waals surface area (Å²) >= 11 is 0. The van der Waals surface area contributed by atoms with Gasteiger partial charge in [-0.2, -0.15) is 0 Å². The van der Waals surface area contributed by atoms with Crippen molar-refractivity contribution in [3.05, 3.63) is 87.5 Å². The number of amides is 1. The number of hydrogen-bond donors (Lipinski definition) is 1. The van der Waals surface area contributed by atoms with Gasteiger partial charge in [-0.3, -0.25) is 9.59 Å². The molecule has 0 aliphatic heterocycles. The van der Waals surface area contributed by atoms with E-state index in [9.17, 15) is 9.59 Å². The Hall–Kier alpha value is -4.07. The summed E-state index contributed by atoms with van der Waals surface area (Å²) in [5.74, 6) is 1.53. The molecular formula is C24H23N3O5. The molecule has 8 nitrogen and oxygen atoms in total. The van der Waals surface area contributed by atoms with Crippen LogP contribution >= 0.6 is 0 Å². The summed E-state index contributed by atoms with van der Waals surface area (Å²) in [4.78, 5) is 28.8. The molecular weight excluding hydrogens is 410 g/mol. The van der Waals surface area contributed by atoms with Crippen LogP contribution in [0.25, 0.3) is 5.65 Å². The first-order chi connectivity index (χ1) is 15.4. The minimum absolute atomic E-state index is 0.100. The number of fused-ring (bicyclic) bond motifs is 1. The topological polar surface area (TPSA) is 95.1 Å². The molecule has 4 rings (SSSR count). The van der Waals surface area contributed by atoms with Crippen molar-refractivity contribution in [2.75, 3.05) is 11.9 Å². The standard InChI is InChI=1S/C24H23N3O5/c1-15-6-4-9-21(17(15)3)31-14-23(28)26-18-7-5-8-20(11-18)30-13-19-12-24(29)27-22(25-19)10-16(2)32-27/h4-12H,13-14H2,1-3H3,(H,26,28). The number of nitrogens with zero attached hydrogens (tertiary/aromatic N) is 2. The van der Waals surface area contributed by atoms with E-state index in [-0.39, 0.29) is 24.7 Å². The van der Waals surface area contributed by atoms with Crippen LogP contribution in [0.2, 0.25) is 0 Å².